The smallest absolute Gasteiger partial charge is 0.243 e. The standard InChI is InChI=1S/C25H34N8O/c1-15(2)16(3)27-21-7-8-22(28-17(21)4)20-11-14-33-23(20)24(26-6)30-25(31-33)29-19-9-12-32(13-10-19)18(5)34/h7-8,11,14-15,19H,9-10,12-13H2,1-6H3,(H2,26,29,30,31). The fourth-order valence-corrected chi connectivity index (χ4v) is 4.13. The number of aliphatic imine (C=N–C) groups is 1. The monoisotopic (exact) mass is 462 g/mol. The van der Waals surface area contributed by atoms with Gasteiger partial charge in [-0.3, -0.25) is 14.8 Å². The minimum Gasteiger partial charge on any atom is -0.371 e. The van der Waals surface area contributed by atoms with Crippen molar-refractivity contribution in [2.24, 2.45) is 10.9 Å². The van der Waals surface area contributed by atoms with Crippen LogP contribution in [0.15, 0.2) is 29.4 Å². The molecule has 0 saturated carbocycles. The lowest BCUT2D eigenvalue weighted by molar-refractivity contribution is -0.129. The third kappa shape index (κ3) is 4.88. The molecule has 0 radical (unpaired) electrons. The highest BCUT2D eigenvalue weighted by Gasteiger charge is 2.22. The SMILES string of the molecule is CNc1nc(NC2CCN(C(C)=O)CC2)nn2ccc(-c3ccc(N=C(C)C(C)C)c(C)n3)c12. The molecule has 1 fully saturated rings. The Labute approximate surface area is 200 Å². The average molecular weight is 463 g/mol. The number of hydrogen-bond acceptors (Lipinski definition) is 7. The fraction of sp³-hybridized carbons (Fsp3) is 0.480. The van der Waals surface area contributed by atoms with Crippen molar-refractivity contribution in [2.75, 3.05) is 30.8 Å². The predicted octanol–water partition coefficient (Wildman–Crippen LogP) is 4.31. The van der Waals surface area contributed by atoms with Crippen molar-refractivity contribution in [3.05, 3.63) is 30.1 Å². The summed E-state index contributed by atoms with van der Waals surface area (Å²) in [6, 6.07) is 6.28. The molecule has 1 aliphatic rings. The Morgan fingerprint density at radius 3 is 2.50 bits per heavy atom. The Balaban J connectivity index is 1.61. The number of pyridine rings is 1. The van der Waals surface area contributed by atoms with Gasteiger partial charge in [-0.15, -0.1) is 5.10 Å². The first kappa shape index (κ1) is 23.7. The van der Waals surface area contributed by atoms with Crippen molar-refractivity contribution in [3.8, 4) is 11.3 Å². The van der Waals surface area contributed by atoms with Gasteiger partial charge in [0.25, 0.3) is 0 Å². The van der Waals surface area contributed by atoms with Crippen LogP contribution in [-0.2, 0) is 4.79 Å². The van der Waals surface area contributed by atoms with E-state index in [1.807, 2.05) is 54.7 Å². The molecule has 2 N–H and O–H groups in total. The van der Waals surface area contributed by atoms with Gasteiger partial charge in [0, 0.05) is 50.6 Å². The number of aromatic nitrogens is 4. The quantitative estimate of drug-likeness (QED) is 0.530. The van der Waals surface area contributed by atoms with E-state index in [4.69, 9.17) is 20.1 Å². The Morgan fingerprint density at radius 1 is 1.15 bits per heavy atom. The molecule has 0 aliphatic carbocycles. The largest absolute Gasteiger partial charge is 0.371 e. The highest BCUT2D eigenvalue weighted by atomic mass is 16.2. The Hall–Kier alpha value is -3.49. The third-order valence-corrected chi connectivity index (χ3v) is 6.49. The molecule has 3 aromatic heterocycles. The van der Waals surface area contributed by atoms with E-state index in [-0.39, 0.29) is 11.9 Å². The van der Waals surface area contributed by atoms with Gasteiger partial charge < -0.3 is 15.5 Å². The van der Waals surface area contributed by atoms with E-state index in [0.29, 0.717) is 11.9 Å². The van der Waals surface area contributed by atoms with Crippen LogP contribution in [0.4, 0.5) is 17.5 Å². The van der Waals surface area contributed by atoms with Gasteiger partial charge in [-0.2, -0.15) is 4.98 Å². The first-order valence-electron chi connectivity index (χ1n) is 11.9. The zero-order valence-electron chi connectivity index (χ0n) is 20.9. The van der Waals surface area contributed by atoms with Crippen molar-refractivity contribution in [1.82, 2.24) is 24.5 Å². The van der Waals surface area contributed by atoms with Gasteiger partial charge in [-0.25, -0.2) is 4.52 Å². The second-order valence-corrected chi connectivity index (χ2v) is 9.19. The number of nitrogens with zero attached hydrogens (tertiary/aromatic N) is 6. The Kier molecular flexibility index (Phi) is 6.81. The highest BCUT2D eigenvalue weighted by molar-refractivity contribution is 5.89. The maximum Gasteiger partial charge on any atom is 0.243 e. The first-order chi connectivity index (χ1) is 16.3. The van der Waals surface area contributed by atoms with Gasteiger partial charge in [0.1, 0.15) is 5.52 Å². The van der Waals surface area contributed by atoms with E-state index in [1.165, 1.54) is 0 Å². The number of amides is 1. The van der Waals surface area contributed by atoms with Gasteiger partial charge in [0.2, 0.25) is 11.9 Å². The van der Waals surface area contributed by atoms with Gasteiger partial charge in [0.15, 0.2) is 5.82 Å². The van der Waals surface area contributed by atoms with Crippen LogP contribution in [0.2, 0.25) is 0 Å². The maximum atomic E-state index is 11.6. The molecule has 0 aromatic carbocycles. The molecule has 9 nitrogen and oxygen atoms in total. The van der Waals surface area contributed by atoms with E-state index in [0.717, 1.165) is 65.6 Å². The van der Waals surface area contributed by atoms with Gasteiger partial charge in [-0.05, 0) is 50.8 Å². The normalized spacial score (nSPS) is 15.3. The van der Waals surface area contributed by atoms with Gasteiger partial charge in [-0.1, -0.05) is 13.8 Å². The molecule has 180 valence electrons. The van der Waals surface area contributed by atoms with Crippen molar-refractivity contribution in [1.29, 1.82) is 0 Å². The van der Waals surface area contributed by atoms with Crippen LogP contribution in [0, 0.1) is 12.8 Å². The number of aryl methyl sites for hydroxylation is 1. The van der Waals surface area contributed by atoms with Crippen molar-refractivity contribution in [3.63, 3.8) is 0 Å². The summed E-state index contributed by atoms with van der Waals surface area (Å²) in [7, 11) is 1.86. The van der Waals surface area contributed by atoms with Gasteiger partial charge in [0.05, 0.1) is 17.1 Å². The zero-order chi connectivity index (χ0) is 24.4. The van der Waals surface area contributed by atoms with Crippen LogP contribution in [0.5, 0.6) is 0 Å². The van der Waals surface area contributed by atoms with Crippen LogP contribution >= 0.6 is 0 Å². The van der Waals surface area contributed by atoms with E-state index in [2.05, 4.69) is 24.5 Å². The molecule has 34 heavy (non-hydrogen) atoms. The second kappa shape index (κ2) is 9.79. The number of likely N-dealkylation sites (tertiary alicyclic amines) is 1. The lowest BCUT2D eigenvalue weighted by Crippen LogP contribution is -2.41. The molecule has 1 aliphatic heterocycles. The van der Waals surface area contributed by atoms with E-state index in [9.17, 15) is 4.79 Å². The van der Waals surface area contributed by atoms with Crippen LogP contribution in [-0.4, -0.2) is 62.3 Å². The molecule has 3 aromatic rings. The molecule has 0 unspecified atom stereocenters. The number of piperidine rings is 1. The predicted molar refractivity (Wildman–Crippen MR) is 137 cm³/mol. The summed E-state index contributed by atoms with van der Waals surface area (Å²) in [6.45, 7) is 11.4. The summed E-state index contributed by atoms with van der Waals surface area (Å²) in [5.41, 5.74) is 5.57. The molecule has 0 spiro atoms. The molecule has 0 atom stereocenters. The molecular weight excluding hydrogens is 428 g/mol. The van der Waals surface area contributed by atoms with Crippen molar-refractivity contribution < 1.29 is 4.79 Å². The lowest BCUT2D eigenvalue weighted by atomic mass is 10.1. The van der Waals surface area contributed by atoms with E-state index >= 15 is 0 Å². The highest BCUT2D eigenvalue weighted by Crippen LogP contribution is 2.31. The van der Waals surface area contributed by atoms with Crippen molar-refractivity contribution in [2.45, 2.75) is 53.5 Å². The van der Waals surface area contributed by atoms with Crippen LogP contribution in [0.25, 0.3) is 16.8 Å². The van der Waals surface area contributed by atoms with Crippen LogP contribution in [0.1, 0.15) is 46.2 Å². The first-order valence-corrected chi connectivity index (χ1v) is 11.9. The fourth-order valence-electron chi connectivity index (χ4n) is 4.13. The second-order valence-electron chi connectivity index (χ2n) is 9.19. The van der Waals surface area contributed by atoms with Crippen molar-refractivity contribution >= 4 is 34.6 Å². The number of anilines is 2. The molecular formula is C25H34N8O. The average Bonchev–Trinajstić information content (AvgIpc) is 3.24. The molecule has 4 heterocycles. The molecule has 1 amide bonds. The van der Waals surface area contributed by atoms with Crippen LogP contribution in [0.3, 0.4) is 0 Å². The Bertz CT molecular complexity index is 1220. The minimum atomic E-state index is 0.132. The molecule has 1 saturated heterocycles. The molecule has 0 bridgehead atoms. The van der Waals surface area contributed by atoms with E-state index < -0.39 is 0 Å². The zero-order valence-corrected chi connectivity index (χ0v) is 20.9. The summed E-state index contributed by atoms with van der Waals surface area (Å²) < 4.78 is 1.84. The van der Waals surface area contributed by atoms with Crippen LogP contribution < -0.4 is 10.6 Å². The summed E-state index contributed by atoms with van der Waals surface area (Å²) in [5.74, 6) is 1.83. The van der Waals surface area contributed by atoms with Gasteiger partial charge >= 0.3 is 0 Å². The summed E-state index contributed by atoms with van der Waals surface area (Å²) >= 11 is 0. The summed E-state index contributed by atoms with van der Waals surface area (Å²) in [6.07, 6.45) is 3.69. The number of fused-ring (bicyclic) bond motifs is 1. The maximum absolute atomic E-state index is 11.6. The molecule has 4 rings (SSSR count). The number of carbonyl (C=O) groups excluding carboxylic acids is 1. The lowest BCUT2D eigenvalue weighted by Gasteiger charge is -2.31. The Morgan fingerprint density at radius 2 is 1.88 bits per heavy atom. The topological polar surface area (TPSA) is 99.8 Å². The third-order valence-electron chi connectivity index (χ3n) is 6.49. The minimum absolute atomic E-state index is 0.132. The molecule has 9 heteroatoms. The number of nitrogens with one attached hydrogen (secondary N) is 2. The number of rotatable bonds is 6. The number of carbonyl (C=O) groups is 1. The number of hydrogen-bond donors (Lipinski definition) is 2. The summed E-state index contributed by atoms with van der Waals surface area (Å²) in [4.78, 5) is 27.8. The summed E-state index contributed by atoms with van der Waals surface area (Å²) in [5, 5.41) is 11.4. The van der Waals surface area contributed by atoms with E-state index in [1.54, 1.807) is 6.92 Å².